The van der Waals surface area contributed by atoms with Crippen LogP contribution in [0.15, 0.2) is 0 Å². The van der Waals surface area contributed by atoms with Crippen molar-refractivity contribution in [3.05, 3.63) is 0 Å². The Hall–Kier alpha value is -0.740. The fourth-order valence-corrected chi connectivity index (χ4v) is 3.87. The van der Waals surface area contributed by atoms with Crippen LogP contribution in [0.5, 0.6) is 0 Å². The van der Waals surface area contributed by atoms with Gasteiger partial charge in [-0.25, -0.2) is 0 Å². The number of nitrogens with one attached hydrogen (secondary N) is 1. The van der Waals surface area contributed by atoms with E-state index in [-0.39, 0.29) is 22.7 Å². The zero-order chi connectivity index (χ0) is 16.5. The van der Waals surface area contributed by atoms with Gasteiger partial charge in [-0.15, -0.1) is 0 Å². The third-order valence-electron chi connectivity index (χ3n) is 5.10. The van der Waals surface area contributed by atoms with Crippen LogP contribution in [0.1, 0.15) is 47.5 Å². The molecule has 1 unspecified atom stereocenters. The predicted octanol–water partition coefficient (Wildman–Crippen LogP) is 2.13. The molecular formula is C18H32N2O2. The van der Waals surface area contributed by atoms with Gasteiger partial charge in [0.05, 0.1) is 0 Å². The van der Waals surface area contributed by atoms with E-state index in [9.17, 15) is 9.59 Å². The van der Waals surface area contributed by atoms with Gasteiger partial charge in [0.1, 0.15) is 11.6 Å². The summed E-state index contributed by atoms with van der Waals surface area (Å²) in [7, 11) is 0. The van der Waals surface area contributed by atoms with Crippen LogP contribution in [0.4, 0.5) is 0 Å². The van der Waals surface area contributed by atoms with Crippen molar-refractivity contribution in [1.82, 2.24) is 10.2 Å². The molecule has 22 heavy (non-hydrogen) atoms. The van der Waals surface area contributed by atoms with Crippen molar-refractivity contribution in [2.45, 2.75) is 47.5 Å². The third-order valence-corrected chi connectivity index (χ3v) is 5.10. The van der Waals surface area contributed by atoms with E-state index in [0.29, 0.717) is 11.6 Å². The fraction of sp³-hybridized carbons (Fsp3) is 0.889. The molecule has 2 aliphatic rings. The molecule has 0 aromatic rings. The van der Waals surface area contributed by atoms with Crippen LogP contribution in [0.25, 0.3) is 0 Å². The first kappa shape index (κ1) is 17.6. The quantitative estimate of drug-likeness (QED) is 0.845. The molecule has 0 spiro atoms. The average Bonchev–Trinajstić information content (AvgIpc) is 3.06. The average molecular weight is 308 g/mol. The summed E-state index contributed by atoms with van der Waals surface area (Å²) < 4.78 is 0. The van der Waals surface area contributed by atoms with Gasteiger partial charge in [0.25, 0.3) is 0 Å². The zero-order valence-corrected chi connectivity index (χ0v) is 14.9. The van der Waals surface area contributed by atoms with Gasteiger partial charge >= 0.3 is 0 Å². The summed E-state index contributed by atoms with van der Waals surface area (Å²) in [4.78, 5) is 27.4. The molecule has 0 amide bonds. The Labute approximate surface area is 135 Å². The second-order valence-electron chi connectivity index (χ2n) is 8.77. The molecule has 4 heteroatoms. The second-order valence-corrected chi connectivity index (χ2v) is 8.77. The van der Waals surface area contributed by atoms with E-state index in [1.54, 1.807) is 0 Å². The van der Waals surface area contributed by atoms with Gasteiger partial charge in [-0.05, 0) is 25.9 Å². The molecule has 0 radical (unpaired) electrons. The van der Waals surface area contributed by atoms with Crippen LogP contribution in [-0.4, -0.2) is 49.2 Å². The molecule has 0 bridgehead atoms. The van der Waals surface area contributed by atoms with E-state index >= 15 is 0 Å². The van der Waals surface area contributed by atoms with E-state index in [4.69, 9.17) is 0 Å². The van der Waals surface area contributed by atoms with Gasteiger partial charge in [-0.1, -0.05) is 34.6 Å². The number of rotatable bonds is 5. The molecule has 2 fully saturated rings. The van der Waals surface area contributed by atoms with Crippen LogP contribution in [0, 0.1) is 22.7 Å². The standard InChI is InChI=1S/C18H32N2O2/c1-17(2,3)15(21)14-7-9-20(11-14)12-18(4,5)16(22)13-6-8-19-10-13/h13-14,19H,6-12H2,1-5H3/t13-,14?/m1/s1. The lowest BCUT2D eigenvalue weighted by Crippen LogP contribution is -2.42. The number of hydrogen-bond donors (Lipinski definition) is 1. The van der Waals surface area contributed by atoms with Crippen molar-refractivity contribution in [1.29, 1.82) is 0 Å². The van der Waals surface area contributed by atoms with Gasteiger partial charge in [0.15, 0.2) is 0 Å². The third kappa shape index (κ3) is 3.96. The highest BCUT2D eigenvalue weighted by Gasteiger charge is 2.40. The summed E-state index contributed by atoms with van der Waals surface area (Å²) in [5, 5.41) is 3.28. The summed E-state index contributed by atoms with van der Waals surface area (Å²) in [5.74, 6) is 1.05. The lowest BCUT2D eigenvalue weighted by molar-refractivity contribution is -0.131. The molecule has 126 valence electrons. The minimum absolute atomic E-state index is 0.138. The number of likely N-dealkylation sites (tertiary alicyclic amines) is 1. The van der Waals surface area contributed by atoms with Crippen LogP contribution in [-0.2, 0) is 9.59 Å². The van der Waals surface area contributed by atoms with E-state index in [0.717, 1.165) is 45.6 Å². The summed E-state index contributed by atoms with van der Waals surface area (Å²) in [5.41, 5.74) is -0.585. The molecule has 0 aromatic heterocycles. The number of nitrogens with zero attached hydrogens (tertiary/aromatic N) is 1. The summed E-state index contributed by atoms with van der Waals surface area (Å²) in [6.45, 7) is 14.4. The van der Waals surface area contributed by atoms with E-state index < -0.39 is 0 Å². The summed E-state index contributed by atoms with van der Waals surface area (Å²) in [6, 6.07) is 0. The molecule has 1 N–H and O–H groups in total. The van der Waals surface area contributed by atoms with Crippen molar-refractivity contribution in [3.63, 3.8) is 0 Å². The fourth-order valence-electron chi connectivity index (χ4n) is 3.87. The SMILES string of the molecule is CC(C)(C)C(=O)C1CCN(CC(C)(C)C(=O)[C@@H]2CCNC2)C1. The van der Waals surface area contributed by atoms with Crippen LogP contribution in [0.3, 0.4) is 0 Å². The Balaban J connectivity index is 1.91. The van der Waals surface area contributed by atoms with Crippen LogP contribution >= 0.6 is 0 Å². The van der Waals surface area contributed by atoms with Gasteiger partial charge in [0, 0.05) is 42.3 Å². The first-order valence-corrected chi connectivity index (χ1v) is 8.63. The number of carbonyl (C=O) groups is 2. The molecule has 0 aliphatic carbocycles. The first-order chi connectivity index (χ1) is 10.1. The Bertz CT molecular complexity index is 431. The van der Waals surface area contributed by atoms with Crippen molar-refractivity contribution in [2.24, 2.45) is 22.7 Å². The topological polar surface area (TPSA) is 49.4 Å². The Kier molecular flexibility index (Phi) is 5.13. The normalized spacial score (nSPS) is 27.3. The first-order valence-electron chi connectivity index (χ1n) is 8.63. The molecule has 4 nitrogen and oxygen atoms in total. The van der Waals surface area contributed by atoms with E-state index in [1.807, 2.05) is 20.8 Å². The monoisotopic (exact) mass is 308 g/mol. The van der Waals surface area contributed by atoms with E-state index in [1.165, 1.54) is 0 Å². The molecule has 2 rings (SSSR count). The number of Topliss-reactive ketones (excluding diaryl/α,β-unsaturated/α-hetero) is 2. The highest BCUT2D eigenvalue weighted by atomic mass is 16.1. The predicted molar refractivity (Wildman–Crippen MR) is 88.8 cm³/mol. The smallest absolute Gasteiger partial charge is 0.144 e. The largest absolute Gasteiger partial charge is 0.316 e. The molecular weight excluding hydrogens is 276 g/mol. The highest BCUT2D eigenvalue weighted by Crippen LogP contribution is 2.31. The van der Waals surface area contributed by atoms with E-state index in [2.05, 4.69) is 24.1 Å². The van der Waals surface area contributed by atoms with Crippen molar-refractivity contribution < 1.29 is 9.59 Å². The Morgan fingerprint density at radius 3 is 2.27 bits per heavy atom. The lowest BCUT2D eigenvalue weighted by atomic mass is 9.80. The molecule has 2 saturated heterocycles. The maximum Gasteiger partial charge on any atom is 0.144 e. The maximum absolute atomic E-state index is 12.7. The van der Waals surface area contributed by atoms with Gasteiger partial charge in [-0.3, -0.25) is 9.59 Å². The molecule has 2 aliphatic heterocycles. The zero-order valence-electron chi connectivity index (χ0n) is 14.9. The number of carbonyl (C=O) groups excluding carboxylic acids is 2. The highest BCUT2D eigenvalue weighted by molar-refractivity contribution is 5.87. The van der Waals surface area contributed by atoms with Crippen molar-refractivity contribution >= 4 is 11.6 Å². The Morgan fingerprint density at radius 1 is 1.05 bits per heavy atom. The van der Waals surface area contributed by atoms with Gasteiger partial charge in [-0.2, -0.15) is 0 Å². The number of ketones is 2. The molecule has 2 heterocycles. The summed E-state index contributed by atoms with van der Waals surface area (Å²) in [6.07, 6.45) is 1.90. The van der Waals surface area contributed by atoms with Crippen LogP contribution in [0.2, 0.25) is 0 Å². The summed E-state index contributed by atoms with van der Waals surface area (Å²) >= 11 is 0. The minimum atomic E-state index is -0.323. The second kappa shape index (κ2) is 6.40. The van der Waals surface area contributed by atoms with Gasteiger partial charge in [0.2, 0.25) is 0 Å². The molecule has 0 saturated carbocycles. The Morgan fingerprint density at radius 2 is 1.73 bits per heavy atom. The van der Waals surface area contributed by atoms with Crippen LogP contribution < -0.4 is 5.32 Å². The maximum atomic E-state index is 12.7. The molecule has 2 atom stereocenters. The van der Waals surface area contributed by atoms with Gasteiger partial charge < -0.3 is 10.2 Å². The lowest BCUT2D eigenvalue weighted by Gasteiger charge is -2.31. The van der Waals surface area contributed by atoms with Crippen molar-refractivity contribution in [2.75, 3.05) is 32.7 Å². The van der Waals surface area contributed by atoms with Crippen molar-refractivity contribution in [3.8, 4) is 0 Å². The minimum Gasteiger partial charge on any atom is -0.316 e. The molecule has 0 aromatic carbocycles. The number of hydrogen-bond acceptors (Lipinski definition) is 4.